The summed E-state index contributed by atoms with van der Waals surface area (Å²) in [6.07, 6.45) is 1.47. The lowest BCUT2D eigenvalue weighted by Crippen LogP contribution is -2.10. The Morgan fingerprint density at radius 3 is 2.68 bits per heavy atom. The molecule has 0 atom stereocenters. The quantitative estimate of drug-likeness (QED) is 0.478. The van der Waals surface area contributed by atoms with E-state index in [0.717, 1.165) is 6.26 Å². The van der Waals surface area contributed by atoms with Crippen LogP contribution >= 0.6 is 0 Å². The zero-order chi connectivity index (χ0) is 14.5. The number of nitrogens with one attached hydrogen (secondary N) is 1. The van der Waals surface area contributed by atoms with Gasteiger partial charge in [0.15, 0.2) is 0 Å². The molecular formula is C11H13N3O4S. The maximum Gasteiger partial charge on any atom is 0.292 e. The Bertz CT molecular complexity index is 619. The summed E-state index contributed by atoms with van der Waals surface area (Å²) in [5.74, 6) is 0.00569. The number of hydrogen-bond donors (Lipinski definition) is 1. The second kappa shape index (κ2) is 6.15. The average Bonchev–Trinajstić information content (AvgIpc) is 2.33. The fourth-order valence-corrected chi connectivity index (χ4v) is 2.13. The number of nitro groups is 1. The highest BCUT2D eigenvalue weighted by atomic mass is 32.2. The summed E-state index contributed by atoms with van der Waals surface area (Å²) in [5.41, 5.74) is 0.382. The number of benzene rings is 1. The minimum atomic E-state index is -3.04. The molecule has 0 spiro atoms. The van der Waals surface area contributed by atoms with Crippen molar-refractivity contribution in [2.24, 2.45) is 0 Å². The fraction of sp³-hybridized carbons (Fsp3) is 0.364. The van der Waals surface area contributed by atoms with Gasteiger partial charge >= 0.3 is 0 Å². The van der Waals surface area contributed by atoms with Gasteiger partial charge in [-0.15, -0.1) is 0 Å². The summed E-state index contributed by atoms with van der Waals surface area (Å²) in [7, 11) is -3.04. The maximum atomic E-state index is 10.9. The van der Waals surface area contributed by atoms with Gasteiger partial charge in [0.2, 0.25) is 0 Å². The van der Waals surface area contributed by atoms with Crippen molar-refractivity contribution in [1.82, 2.24) is 0 Å². The molecule has 1 N–H and O–H groups in total. The molecule has 0 saturated heterocycles. The first kappa shape index (κ1) is 14.9. The number of nitro benzene ring substituents is 1. The van der Waals surface area contributed by atoms with E-state index in [-0.39, 0.29) is 23.7 Å². The minimum Gasteiger partial charge on any atom is -0.379 e. The van der Waals surface area contributed by atoms with E-state index < -0.39 is 14.8 Å². The Morgan fingerprint density at radius 1 is 1.47 bits per heavy atom. The predicted octanol–water partition coefficient (Wildman–Crippen LogP) is 1.31. The van der Waals surface area contributed by atoms with Crippen LogP contribution in [0.2, 0.25) is 0 Å². The zero-order valence-electron chi connectivity index (χ0n) is 10.3. The van der Waals surface area contributed by atoms with Crippen LogP contribution in [0.5, 0.6) is 0 Å². The first-order valence-corrected chi connectivity index (χ1v) is 7.49. The topological polar surface area (TPSA) is 113 Å². The Labute approximate surface area is 110 Å². The number of sulfone groups is 1. The van der Waals surface area contributed by atoms with Crippen molar-refractivity contribution in [3.05, 3.63) is 33.9 Å². The molecular weight excluding hydrogens is 270 g/mol. The molecule has 102 valence electrons. The molecule has 7 nitrogen and oxygen atoms in total. The molecule has 0 unspecified atom stereocenters. The van der Waals surface area contributed by atoms with Gasteiger partial charge in [-0.05, 0) is 18.6 Å². The number of nitriles is 1. The Balaban J connectivity index is 2.76. The molecule has 0 saturated carbocycles. The third-order valence-corrected chi connectivity index (χ3v) is 3.36. The van der Waals surface area contributed by atoms with Crippen LogP contribution in [0.1, 0.15) is 12.0 Å². The van der Waals surface area contributed by atoms with Gasteiger partial charge < -0.3 is 5.32 Å². The van der Waals surface area contributed by atoms with Crippen LogP contribution in [0.15, 0.2) is 18.2 Å². The summed E-state index contributed by atoms with van der Waals surface area (Å²) in [6, 6.07) is 5.87. The van der Waals surface area contributed by atoms with Gasteiger partial charge in [0.1, 0.15) is 15.5 Å². The highest BCUT2D eigenvalue weighted by Crippen LogP contribution is 2.25. The van der Waals surface area contributed by atoms with E-state index in [4.69, 9.17) is 5.26 Å². The molecule has 0 fully saturated rings. The summed E-state index contributed by atoms with van der Waals surface area (Å²) >= 11 is 0. The van der Waals surface area contributed by atoms with Crippen molar-refractivity contribution < 1.29 is 13.3 Å². The van der Waals surface area contributed by atoms with Crippen LogP contribution in [0.3, 0.4) is 0 Å². The predicted molar refractivity (Wildman–Crippen MR) is 70.6 cm³/mol. The normalized spacial score (nSPS) is 10.7. The first-order valence-electron chi connectivity index (χ1n) is 5.43. The van der Waals surface area contributed by atoms with E-state index in [9.17, 15) is 18.5 Å². The van der Waals surface area contributed by atoms with Crippen molar-refractivity contribution in [1.29, 1.82) is 5.26 Å². The van der Waals surface area contributed by atoms with Crippen LogP contribution in [-0.2, 0) is 9.84 Å². The Morgan fingerprint density at radius 2 is 2.16 bits per heavy atom. The summed E-state index contributed by atoms with van der Waals surface area (Å²) in [5, 5.41) is 22.3. The molecule has 1 rings (SSSR count). The van der Waals surface area contributed by atoms with Crippen molar-refractivity contribution in [3.8, 4) is 6.07 Å². The lowest BCUT2D eigenvalue weighted by atomic mass is 10.2. The molecule has 0 radical (unpaired) electrons. The maximum absolute atomic E-state index is 10.9. The van der Waals surface area contributed by atoms with Crippen molar-refractivity contribution in [2.75, 3.05) is 23.9 Å². The molecule has 8 heteroatoms. The second-order valence-electron chi connectivity index (χ2n) is 4.01. The van der Waals surface area contributed by atoms with E-state index >= 15 is 0 Å². The highest BCUT2D eigenvalue weighted by molar-refractivity contribution is 7.90. The summed E-state index contributed by atoms with van der Waals surface area (Å²) in [6.45, 7) is 0.281. The molecule has 0 aliphatic carbocycles. The van der Waals surface area contributed by atoms with E-state index in [1.807, 2.05) is 6.07 Å². The first-order chi connectivity index (χ1) is 8.83. The van der Waals surface area contributed by atoms with Crippen LogP contribution in [0.25, 0.3) is 0 Å². The smallest absolute Gasteiger partial charge is 0.292 e. The number of rotatable bonds is 6. The number of hydrogen-bond acceptors (Lipinski definition) is 6. The molecule has 0 aromatic heterocycles. The molecule has 0 heterocycles. The number of nitrogens with zero attached hydrogens (tertiary/aromatic N) is 2. The zero-order valence-corrected chi connectivity index (χ0v) is 11.1. The van der Waals surface area contributed by atoms with E-state index in [1.165, 1.54) is 18.2 Å². The molecule has 0 amide bonds. The van der Waals surface area contributed by atoms with E-state index in [0.29, 0.717) is 12.0 Å². The van der Waals surface area contributed by atoms with Gasteiger partial charge in [0.25, 0.3) is 5.69 Å². The van der Waals surface area contributed by atoms with Crippen LogP contribution in [0, 0.1) is 21.4 Å². The molecule has 19 heavy (non-hydrogen) atoms. The summed E-state index contributed by atoms with van der Waals surface area (Å²) < 4.78 is 21.9. The molecule has 1 aromatic rings. The van der Waals surface area contributed by atoms with Crippen LogP contribution < -0.4 is 5.32 Å². The largest absolute Gasteiger partial charge is 0.379 e. The van der Waals surface area contributed by atoms with E-state index in [1.54, 1.807) is 0 Å². The molecule has 0 aliphatic heterocycles. The van der Waals surface area contributed by atoms with Gasteiger partial charge in [-0.2, -0.15) is 5.26 Å². The highest BCUT2D eigenvalue weighted by Gasteiger charge is 2.13. The SMILES string of the molecule is CS(=O)(=O)CCCNc1cc(C#N)ccc1[N+](=O)[O-]. The lowest BCUT2D eigenvalue weighted by molar-refractivity contribution is -0.384. The number of anilines is 1. The van der Waals surface area contributed by atoms with Gasteiger partial charge in [0.05, 0.1) is 22.3 Å². The van der Waals surface area contributed by atoms with Gasteiger partial charge in [-0.3, -0.25) is 10.1 Å². The fourth-order valence-electron chi connectivity index (χ4n) is 1.46. The van der Waals surface area contributed by atoms with Crippen LogP contribution in [-0.4, -0.2) is 31.9 Å². The second-order valence-corrected chi connectivity index (χ2v) is 6.27. The Hall–Kier alpha value is -2.14. The van der Waals surface area contributed by atoms with Gasteiger partial charge in [-0.25, -0.2) is 8.42 Å². The van der Waals surface area contributed by atoms with E-state index in [2.05, 4.69) is 5.32 Å². The van der Waals surface area contributed by atoms with Crippen molar-refractivity contribution in [3.63, 3.8) is 0 Å². The monoisotopic (exact) mass is 283 g/mol. The summed E-state index contributed by atoms with van der Waals surface area (Å²) in [4.78, 5) is 10.2. The average molecular weight is 283 g/mol. The van der Waals surface area contributed by atoms with Gasteiger partial charge in [0, 0.05) is 18.9 Å². The molecule has 0 aliphatic rings. The van der Waals surface area contributed by atoms with Crippen molar-refractivity contribution >= 4 is 21.2 Å². The molecule has 1 aromatic carbocycles. The van der Waals surface area contributed by atoms with Crippen LogP contribution in [0.4, 0.5) is 11.4 Å². The third kappa shape index (κ3) is 4.93. The Kier molecular flexibility index (Phi) is 4.83. The third-order valence-electron chi connectivity index (χ3n) is 2.33. The lowest BCUT2D eigenvalue weighted by Gasteiger charge is -2.06. The van der Waals surface area contributed by atoms with Crippen molar-refractivity contribution in [2.45, 2.75) is 6.42 Å². The molecule has 0 bridgehead atoms. The standard InChI is InChI=1S/C11H13N3O4S/c1-19(17,18)6-2-5-13-10-7-9(8-12)3-4-11(10)14(15)16/h3-4,7,13H,2,5-6H2,1H3. The minimum absolute atomic E-state index is 0.00569. The van der Waals surface area contributed by atoms with Gasteiger partial charge in [-0.1, -0.05) is 0 Å².